The Kier molecular flexibility index (Phi) is 2.88. The van der Waals surface area contributed by atoms with Crippen molar-refractivity contribution >= 4 is 23.0 Å². The van der Waals surface area contributed by atoms with Crippen molar-refractivity contribution in [2.75, 3.05) is 11.4 Å². The van der Waals surface area contributed by atoms with Crippen LogP contribution in [0.15, 0.2) is 42.5 Å². The number of phenolic OH excluding ortho intramolecular Hbond substituents is 1. The first-order valence-electron chi connectivity index (χ1n) is 6.09. The van der Waals surface area contributed by atoms with Crippen molar-refractivity contribution in [1.29, 1.82) is 0 Å². The van der Waals surface area contributed by atoms with E-state index in [1.54, 1.807) is 6.07 Å². The second-order valence-electron chi connectivity index (χ2n) is 4.54. The molecule has 3 heteroatoms. The molecule has 0 saturated carbocycles. The van der Waals surface area contributed by atoms with E-state index < -0.39 is 0 Å². The normalized spacial score (nSPS) is 14.4. The molecule has 18 heavy (non-hydrogen) atoms. The number of phenols is 1. The Balaban J connectivity index is 2.03. The smallest absolute Gasteiger partial charge is 0.116 e. The number of aryl methyl sites for hydroxylation is 1. The van der Waals surface area contributed by atoms with E-state index in [-0.39, 0.29) is 0 Å². The zero-order valence-corrected chi connectivity index (χ0v) is 10.7. The van der Waals surface area contributed by atoms with Crippen molar-refractivity contribution in [3.8, 4) is 5.75 Å². The number of aromatic hydroxyl groups is 1. The molecule has 0 aliphatic carbocycles. The standard InChI is InChI=1S/C15H14ClNO/c16-12-3-5-13(6-4-12)17-9-1-2-11-10-14(18)7-8-15(11)17/h3-8,10,18H,1-2,9H2. The topological polar surface area (TPSA) is 23.5 Å². The lowest BCUT2D eigenvalue weighted by atomic mass is 10.0. The van der Waals surface area contributed by atoms with Crippen LogP contribution in [-0.2, 0) is 6.42 Å². The van der Waals surface area contributed by atoms with Crippen LogP contribution in [0, 0.1) is 0 Å². The van der Waals surface area contributed by atoms with Crippen LogP contribution in [0.2, 0.25) is 5.02 Å². The lowest BCUT2D eigenvalue weighted by Crippen LogP contribution is -2.24. The molecule has 1 aliphatic heterocycles. The molecule has 2 nitrogen and oxygen atoms in total. The highest BCUT2D eigenvalue weighted by Crippen LogP contribution is 2.35. The van der Waals surface area contributed by atoms with Crippen LogP contribution >= 0.6 is 11.6 Å². The van der Waals surface area contributed by atoms with Crippen molar-refractivity contribution in [2.45, 2.75) is 12.8 Å². The molecule has 3 rings (SSSR count). The van der Waals surface area contributed by atoms with E-state index in [9.17, 15) is 5.11 Å². The van der Waals surface area contributed by atoms with Gasteiger partial charge in [-0.15, -0.1) is 0 Å². The summed E-state index contributed by atoms with van der Waals surface area (Å²) in [5, 5.41) is 10.3. The maximum absolute atomic E-state index is 9.55. The molecule has 0 radical (unpaired) electrons. The van der Waals surface area contributed by atoms with Gasteiger partial charge < -0.3 is 10.0 Å². The molecule has 0 fully saturated rings. The summed E-state index contributed by atoms with van der Waals surface area (Å²) in [6, 6.07) is 13.5. The summed E-state index contributed by atoms with van der Waals surface area (Å²) in [4.78, 5) is 2.27. The lowest BCUT2D eigenvalue weighted by molar-refractivity contribution is 0.474. The van der Waals surface area contributed by atoms with Crippen molar-refractivity contribution in [2.24, 2.45) is 0 Å². The average Bonchev–Trinajstić information content (AvgIpc) is 2.38. The van der Waals surface area contributed by atoms with Gasteiger partial charge in [0.05, 0.1) is 0 Å². The molecule has 1 N–H and O–H groups in total. The summed E-state index contributed by atoms with van der Waals surface area (Å²) in [5.74, 6) is 0.340. The largest absolute Gasteiger partial charge is 0.508 e. The summed E-state index contributed by atoms with van der Waals surface area (Å²) < 4.78 is 0. The Morgan fingerprint density at radius 2 is 1.83 bits per heavy atom. The molecular formula is C15H14ClNO. The third kappa shape index (κ3) is 2.04. The van der Waals surface area contributed by atoms with Crippen molar-refractivity contribution < 1.29 is 5.11 Å². The molecule has 0 saturated heterocycles. The molecule has 92 valence electrons. The van der Waals surface area contributed by atoms with Crippen molar-refractivity contribution in [3.05, 3.63) is 53.1 Å². The number of anilines is 2. The number of hydrogen-bond donors (Lipinski definition) is 1. The van der Waals surface area contributed by atoms with Gasteiger partial charge in [0.2, 0.25) is 0 Å². The molecule has 1 aliphatic rings. The van der Waals surface area contributed by atoms with E-state index in [4.69, 9.17) is 11.6 Å². The highest BCUT2D eigenvalue weighted by Gasteiger charge is 2.18. The van der Waals surface area contributed by atoms with Gasteiger partial charge in [-0.3, -0.25) is 0 Å². The Bertz CT molecular complexity index is 565. The summed E-state index contributed by atoms with van der Waals surface area (Å²) in [6.45, 7) is 0.999. The summed E-state index contributed by atoms with van der Waals surface area (Å²) >= 11 is 5.92. The number of halogens is 1. The predicted octanol–water partition coefficient (Wildman–Crippen LogP) is 4.13. The molecule has 0 unspecified atom stereocenters. The monoisotopic (exact) mass is 259 g/mol. The minimum Gasteiger partial charge on any atom is -0.508 e. The van der Waals surface area contributed by atoms with Crippen LogP contribution in [0.3, 0.4) is 0 Å². The fraction of sp³-hybridized carbons (Fsp3) is 0.200. The number of hydrogen-bond acceptors (Lipinski definition) is 2. The van der Waals surface area contributed by atoms with Crippen LogP contribution in [-0.4, -0.2) is 11.7 Å². The van der Waals surface area contributed by atoms with Gasteiger partial charge >= 0.3 is 0 Å². The van der Waals surface area contributed by atoms with Gasteiger partial charge in [-0.1, -0.05) is 11.6 Å². The molecule has 0 atom stereocenters. The fourth-order valence-electron chi connectivity index (χ4n) is 2.47. The predicted molar refractivity (Wildman–Crippen MR) is 74.9 cm³/mol. The molecule has 0 bridgehead atoms. The van der Waals surface area contributed by atoms with Crippen molar-refractivity contribution in [1.82, 2.24) is 0 Å². The van der Waals surface area contributed by atoms with Gasteiger partial charge in [0.1, 0.15) is 5.75 Å². The van der Waals surface area contributed by atoms with Gasteiger partial charge in [-0.25, -0.2) is 0 Å². The van der Waals surface area contributed by atoms with Crippen LogP contribution in [0.25, 0.3) is 0 Å². The molecule has 2 aromatic rings. The lowest BCUT2D eigenvalue weighted by Gasteiger charge is -2.31. The van der Waals surface area contributed by atoms with E-state index in [1.807, 2.05) is 36.4 Å². The van der Waals surface area contributed by atoms with Gasteiger partial charge in [0, 0.05) is 22.9 Å². The second-order valence-corrected chi connectivity index (χ2v) is 4.98. The molecule has 1 heterocycles. The molecule has 0 spiro atoms. The van der Waals surface area contributed by atoms with Gasteiger partial charge in [0.15, 0.2) is 0 Å². The van der Waals surface area contributed by atoms with E-state index in [2.05, 4.69) is 4.90 Å². The third-order valence-corrected chi connectivity index (χ3v) is 3.57. The van der Waals surface area contributed by atoms with E-state index in [0.29, 0.717) is 5.75 Å². The number of fused-ring (bicyclic) bond motifs is 1. The van der Waals surface area contributed by atoms with Crippen LogP contribution in [0.1, 0.15) is 12.0 Å². The molecule has 2 aromatic carbocycles. The summed E-state index contributed by atoms with van der Waals surface area (Å²) in [5.41, 5.74) is 3.53. The summed E-state index contributed by atoms with van der Waals surface area (Å²) in [7, 11) is 0. The van der Waals surface area contributed by atoms with Gasteiger partial charge in [-0.05, 0) is 60.9 Å². The average molecular weight is 260 g/mol. The maximum atomic E-state index is 9.55. The van der Waals surface area contributed by atoms with Crippen LogP contribution < -0.4 is 4.90 Å². The second kappa shape index (κ2) is 4.54. The minimum atomic E-state index is 0.340. The third-order valence-electron chi connectivity index (χ3n) is 3.32. The Hall–Kier alpha value is -1.67. The van der Waals surface area contributed by atoms with Gasteiger partial charge in [-0.2, -0.15) is 0 Å². The molecule has 0 aromatic heterocycles. The number of nitrogens with zero attached hydrogens (tertiary/aromatic N) is 1. The van der Waals surface area contributed by atoms with E-state index >= 15 is 0 Å². The quantitative estimate of drug-likeness (QED) is 0.832. The van der Waals surface area contributed by atoms with Crippen molar-refractivity contribution in [3.63, 3.8) is 0 Å². The first-order valence-corrected chi connectivity index (χ1v) is 6.47. The van der Waals surface area contributed by atoms with E-state index in [0.717, 1.165) is 30.1 Å². The van der Waals surface area contributed by atoms with E-state index in [1.165, 1.54) is 11.3 Å². The first-order chi connectivity index (χ1) is 8.74. The highest BCUT2D eigenvalue weighted by molar-refractivity contribution is 6.30. The zero-order chi connectivity index (χ0) is 12.5. The zero-order valence-electron chi connectivity index (χ0n) is 9.94. The van der Waals surface area contributed by atoms with Crippen LogP contribution in [0.5, 0.6) is 5.75 Å². The Labute approximate surface area is 111 Å². The minimum absolute atomic E-state index is 0.340. The molecule has 0 amide bonds. The SMILES string of the molecule is Oc1ccc2c(c1)CCCN2c1ccc(Cl)cc1. The maximum Gasteiger partial charge on any atom is 0.116 e. The summed E-state index contributed by atoms with van der Waals surface area (Å²) in [6.07, 6.45) is 2.12. The number of rotatable bonds is 1. The van der Waals surface area contributed by atoms with Gasteiger partial charge in [0.25, 0.3) is 0 Å². The highest BCUT2D eigenvalue weighted by atomic mass is 35.5. The Morgan fingerprint density at radius 3 is 2.61 bits per heavy atom. The first kappa shape index (κ1) is 11.4. The van der Waals surface area contributed by atoms with Crippen LogP contribution in [0.4, 0.5) is 11.4 Å². The Morgan fingerprint density at radius 1 is 1.06 bits per heavy atom. The number of benzene rings is 2. The fourth-order valence-corrected chi connectivity index (χ4v) is 2.60. The molecular weight excluding hydrogens is 246 g/mol.